The van der Waals surface area contributed by atoms with E-state index in [9.17, 15) is 17.6 Å². The van der Waals surface area contributed by atoms with Gasteiger partial charge in [0.15, 0.2) is 0 Å². The molecule has 0 radical (unpaired) electrons. The molecule has 1 N–H and O–H groups in total. The molecule has 0 aliphatic rings. The molecule has 164 valence electrons. The zero-order chi connectivity index (χ0) is 22.3. The van der Waals surface area contributed by atoms with Crippen LogP contribution in [0.1, 0.15) is 32.8 Å². The number of nitrogens with zero attached hydrogens (tertiary/aromatic N) is 2. The van der Waals surface area contributed by atoms with Crippen molar-refractivity contribution in [3.8, 4) is 0 Å². The van der Waals surface area contributed by atoms with Gasteiger partial charge in [-0.25, -0.2) is 12.8 Å². The Balaban J connectivity index is 2.18. The topological polar surface area (TPSA) is 69.7 Å². The van der Waals surface area contributed by atoms with Gasteiger partial charge in [-0.15, -0.1) is 0 Å². The average molecular weight is 436 g/mol. The van der Waals surface area contributed by atoms with E-state index in [1.165, 1.54) is 18.2 Å². The Bertz CT molecular complexity index is 944. The lowest BCUT2D eigenvalue weighted by atomic mass is 10.1. The molecule has 0 aliphatic heterocycles. The zero-order valence-corrected chi connectivity index (χ0v) is 18.7. The number of nitrogens with one attached hydrogen (secondary N) is 1. The first kappa shape index (κ1) is 23.7. The van der Waals surface area contributed by atoms with E-state index in [0.717, 1.165) is 34.9 Å². The van der Waals surface area contributed by atoms with E-state index in [1.54, 1.807) is 13.0 Å². The molecule has 6 nitrogen and oxygen atoms in total. The lowest BCUT2D eigenvalue weighted by molar-refractivity contribution is -0.122. The monoisotopic (exact) mass is 435 g/mol. The molecule has 0 heterocycles. The van der Waals surface area contributed by atoms with Crippen molar-refractivity contribution in [2.75, 3.05) is 28.6 Å². The lowest BCUT2D eigenvalue weighted by Crippen LogP contribution is -2.49. The Hall–Kier alpha value is -2.61. The van der Waals surface area contributed by atoms with Crippen LogP contribution in [-0.2, 0) is 21.4 Å². The first-order chi connectivity index (χ1) is 14.2. The quantitative estimate of drug-likeness (QED) is 0.620. The number of sulfonamides is 1. The van der Waals surface area contributed by atoms with Crippen LogP contribution in [0.5, 0.6) is 0 Å². The molecule has 0 saturated carbocycles. The lowest BCUT2D eigenvalue weighted by Gasteiger charge is -2.30. The van der Waals surface area contributed by atoms with Gasteiger partial charge in [-0.3, -0.25) is 9.10 Å². The third-order valence-corrected chi connectivity index (χ3v) is 6.12. The van der Waals surface area contributed by atoms with Crippen molar-refractivity contribution in [1.82, 2.24) is 5.32 Å². The van der Waals surface area contributed by atoms with E-state index in [-0.39, 0.29) is 18.7 Å². The number of benzene rings is 2. The number of amides is 1. The number of halogens is 1. The smallest absolute Gasteiger partial charge is 0.244 e. The second-order valence-corrected chi connectivity index (χ2v) is 8.85. The molecule has 0 fully saturated rings. The highest BCUT2D eigenvalue weighted by molar-refractivity contribution is 7.92. The molecule has 0 saturated heterocycles. The zero-order valence-electron chi connectivity index (χ0n) is 17.9. The minimum atomic E-state index is -3.87. The second-order valence-electron chi connectivity index (χ2n) is 6.99. The standard InChI is InChI=1S/C22H30FN3O3S/c1-5-20(26(30(4,28)29)21-11-9-8-10-19(21)23)22(27)24-16-17-12-14-18(15-13-17)25(6-2)7-3/h8-15,20H,5-7,16H2,1-4H3,(H,24,27). The van der Waals surface area contributed by atoms with Crippen LogP contribution in [0.4, 0.5) is 15.8 Å². The van der Waals surface area contributed by atoms with Gasteiger partial charge in [0.25, 0.3) is 0 Å². The number of hydrogen-bond donors (Lipinski definition) is 1. The molecule has 30 heavy (non-hydrogen) atoms. The number of hydrogen-bond acceptors (Lipinski definition) is 4. The summed E-state index contributed by atoms with van der Waals surface area (Å²) in [5.74, 6) is -1.17. The van der Waals surface area contributed by atoms with Gasteiger partial charge in [-0.1, -0.05) is 31.2 Å². The summed E-state index contributed by atoms with van der Waals surface area (Å²) in [5, 5.41) is 2.79. The molecule has 8 heteroatoms. The molecule has 1 amide bonds. The third kappa shape index (κ3) is 5.72. The number of carbonyl (C=O) groups excluding carboxylic acids is 1. The maximum Gasteiger partial charge on any atom is 0.244 e. The van der Waals surface area contributed by atoms with E-state index >= 15 is 0 Å². The van der Waals surface area contributed by atoms with Crippen LogP contribution in [0, 0.1) is 5.82 Å². The molecule has 2 rings (SSSR count). The van der Waals surface area contributed by atoms with Gasteiger partial charge >= 0.3 is 0 Å². The Labute approximate surface area is 178 Å². The minimum absolute atomic E-state index is 0.134. The van der Waals surface area contributed by atoms with Crippen LogP contribution >= 0.6 is 0 Å². The van der Waals surface area contributed by atoms with Crippen molar-refractivity contribution in [3.05, 3.63) is 59.9 Å². The normalized spacial score (nSPS) is 12.3. The van der Waals surface area contributed by atoms with Crippen LogP contribution in [0.25, 0.3) is 0 Å². The van der Waals surface area contributed by atoms with Gasteiger partial charge in [0.2, 0.25) is 15.9 Å². The summed E-state index contributed by atoms with van der Waals surface area (Å²) in [6.45, 7) is 7.94. The van der Waals surface area contributed by atoms with Crippen LogP contribution in [0.2, 0.25) is 0 Å². The van der Waals surface area contributed by atoms with Gasteiger partial charge in [0.05, 0.1) is 11.9 Å². The third-order valence-electron chi connectivity index (χ3n) is 4.95. The molecule has 1 unspecified atom stereocenters. The summed E-state index contributed by atoms with van der Waals surface area (Å²) in [5.41, 5.74) is 1.86. The summed E-state index contributed by atoms with van der Waals surface area (Å²) >= 11 is 0. The van der Waals surface area contributed by atoms with Gasteiger partial charge in [-0.05, 0) is 50.1 Å². The Morgan fingerprint density at radius 2 is 1.63 bits per heavy atom. The summed E-state index contributed by atoms with van der Waals surface area (Å²) < 4.78 is 40.0. The van der Waals surface area contributed by atoms with Gasteiger partial charge in [0.1, 0.15) is 11.9 Å². The van der Waals surface area contributed by atoms with Gasteiger partial charge < -0.3 is 10.2 Å². The highest BCUT2D eigenvalue weighted by Crippen LogP contribution is 2.25. The molecule has 0 aromatic heterocycles. The van der Waals surface area contributed by atoms with E-state index in [4.69, 9.17) is 0 Å². The largest absolute Gasteiger partial charge is 0.372 e. The second kappa shape index (κ2) is 10.4. The molecule has 0 spiro atoms. The first-order valence-electron chi connectivity index (χ1n) is 10.1. The minimum Gasteiger partial charge on any atom is -0.372 e. The molecule has 2 aromatic rings. The van der Waals surface area contributed by atoms with E-state index in [0.29, 0.717) is 0 Å². The van der Waals surface area contributed by atoms with Crippen molar-refractivity contribution in [3.63, 3.8) is 0 Å². The Kier molecular flexibility index (Phi) is 8.23. The van der Waals surface area contributed by atoms with Crippen LogP contribution < -0.4 is 14.5 Å². The predicted octanol–water partition coefficient (Wildman–Crippen LogP) is 3.53. The highest BCUT2D eigenvalue weighted by Gasteiger charge is 2.32. The molecular weight excluding hydrogens is 405 g/mol. The molecule has 2 aromatic carbocycles. The summed E-state index contributed by atoms with van der Waals surface area (Å²) in [4.78, 5) is 15.1. The van der Waals surface area contributed by atoms with Crippen LogP contribution in [0.3, 0.4) is 0 Å². The Morgan fingerprint density at radius 1 is 1.03 bits per heavy atom. The molecule has 0 bridgehead atoms. The Morgan fingerprint density at radius 3 is 2.13 bits per heavy atom. The van der Waals surface area contributed by atoms with Crippen molar-refractivity contribution < 1.29 is 17.6 Å². The van der Waals surface area contributed by atoms with E-state index in [2.05, 4.69) is 24.1 Å². The molecule has 1 atom stereocenters. The van der Waals surface area contributed by atoms with Gasteiger partial charge in [0, 0.05) is 25.3 Å². The van der Waals surface area contributed by atoms with E-state index < -0.39 is 27.8 Å². The van der Waals surface area contributed by atoms with Crippen molar-refractivity contribution in [2.45, 2.75) is 39.8 Å². The van der Waals surface area contributed by atoms with Crippen LogP contribution in [0.15, 0.2) is 48.5 Å². The summed E-state index contributed by atoms with van der Waals surface area (Å²) in [6.07, 6.45) is 1.18. The SMILES string of the molecule is CCC(C(=O)NCc1ccc(N(CC)CC)cc1)N(c1ccccc1F)S(C)(=O)=O. The summed E-state index contributed by atoms with van der Waals surface area (Å²) in [7, 11) is -3.87. The van der Waals surface area contributed by atoms with Gasteiger partial charge in [-0.2, -0.15) is 0 Å². The predicted molar refractivity (Wildman–Crippen MR) is 120 cm³/mol. The maximum atomic E-state index is 14.3. The molecular formula is C22H30FN3O3S. The van der Waals surface area contributed by atoms with Crippen molar-refractivity contribution in [1.29, 1.82) is 0 Å². The summed E-state index contributed by atoms with van der Waals surface area (Å²) in [6, 6.07) is 12.4. The van der Waals surface area contributed by atoms with E-state index in [1.807, 2.05) is 24.3 Å². The average Bonchev–Trinajstić information content (AvgIpc) is 2.72. The molecule has 0 aliphatic carbocycles. The highest BCUT2D eigenvalue weighted by atomic mass is 32.2. The maximum absolute atomic E-state index is 14.3. The number of para-hydroxylation sites is 1. The number of anilines is 2. The van der Waals surface area contributed by atoms with Crippen LogP contribution in [-0.4, -0.2) is 39.7 Å². The fourth-order valence-corrected chi connectivity index (χ4v) is 4.60. The first-order valence-corrected chi connectivity index (χ1v) is 11.9. The van der Waals surface area contributed by atoms with Crippen molar-refractivity contribution in [2.24, 2.45) is 0 Å². The van der Waals surface area contributed by atoms with Crippen molar-refractivity contribution >= 4 is 27.3 Å². The fraction of sp³-hybridized carbons (Fsp3) is 0.409. The fourth-order valence-electron chi connectivity index (χ4n) is 3.39. The number of rotatable bonds is 10. The number of carbonyl (C=O) groups is 1.